The van der Waals surface area contributed by atoms with Gasteiger partial charge in [-0.2, -0.15) is 0 Å². The van der Waals surface area contributed by atoms with E-state index >= 15 is 0 Å². The topological polar surface area (TPSA) is 38.0 Å². The van der Waals surface area contributed by atoms with Crippen LogP contribution in [0.2, 0.25) is 0 Å². The first-order valence-corrected chi connectivity index (χ1v) is 4.78. The molecule has 1 aromatic carbocycles. The number of nitrogens with one attached hydrogen (secondary N) is 1. The maximum absolute atomic E-state index is 5.79. The molecular weight excluding hydrogens is 172 g/mol. The summed E-state index contributed by atoms with van der Waals surface area (Å²) in [5.41, 5.74) is 7.79. The quantitative estimate of drug-likeness (QED) is 0.429. The van der Waals surface area contributed by atoms with Gasteiger partial charge in [-0.25, -0.2) is 0 Å². The summed E-state index contributed by atoms with van der Waals surface area (Å²) in [4.78, 5) is 0. The molecule has 0 unspecified atom stereocenters. The van der Waals surface area contributed by atoms with Gasteiger partial charge in [0, 0.05) is 25.2 Å². The van der Waals surface area contributed by atoms with E-state index in [0.717, 1.165) is 30.8 Å². The molecule has 74 valence electrons. The van der Waals surface area contributed by atoms with E-state index in [9.17, 15) is 0 Å². The zero-order valence-electron chi connectivity index (χ0n) is 8.51. The molecule has 0 atom stereocenters. The van der Waals surface area contributed by atoms with Crippen LogP contribution in [0, 0.1) is 11.8 Å². The van der Waals surface area contributed by atoms with E-state index in [0.29, 0.717) is 0 Å². The fourth-order valence-electron chi connectivity index (χ4n) is 1.19. The van der Waals surface area contributed by atoms with Crippen LogP contribution in [-0.2, 0) is 6.54 Å². The van der Waals surface area contributed by atoms with Crippen molar-refractivity contribution in [1.29, 1.82) is 0 Å². The van der Waals surface area contributed by atoms with Gasteiger partial charge < -0.3 is 11.1 Å². The second kappa shape index (κ2) is 6.06. The Labute approximate surface area is 85.5 Å². The molecule has 0 saturated heterocycles. The molecule has 0 heterocycles. The van der Waals surface area contributed by atoms with Gasteiger partial charge in [-0.05, 0) is 18.6 Å². The molecule has 0 radical (unpaired) electrons. The molecule has 0 aliphatic heterocycles. The van der Waals surface area contributed by atoms with Crippen molar-refractivity contribution in [3.8, 4) is 11.8 Å². The normalized spacial score (nSPS) is 9.21. The third kappa shape index (κ3) is 3.51. The summed E-state index contributed by atoms with van der Waals surface area (Å²) in [6, 6.07) is 7.90. The van der Waals surface area contributed by atoms with Crippen LogP contribution in [0.4, 0.5) is 5.69 Å². The predicted molar refractivity (Wildman–Crippen MR) is 60.6 cm³/mol. The van der Waals surface area contributed by atoms with Crippen molar-refractivity contribution in [2.45, 2.75) is 19.9 Å². The van der Waals surface area contributed by atoms with Crippen LogP contribution in [-0.4, -0.2) is 6.54 Å². The van der Waals surface area contributed by atoms with E-state index in [1.54, 1.807) is 0 Å². The average Bonchev–Trinajstić information content (AvgIpc) is 2.20. The minimum absolute atomic E-state index is 0.818. The third-order valence-electron chi connectivity index (χ3n) is 1.97. The van der Waals surface area contributed by atoms with E-state index in [1.807, 2.05) is 31.2 Å². The third-order valence-corrected chi connectivity index (χ3v) is 1.97. The van der Waals surface area contributed by atoms with Gasteiger partial charge in [0.1, 0.15) is 0 Å². The molecule has 0 aliphatic rings. The molecule has 2 nitrogen and oxygen atoms in total. The lowest BCUT2D eigenvalue weighted by molar-refractivity contribution is 0.702. The van der Waals surface area contributed by atoms with Gasteiger partial charge in [0.15, 0.2) is 0 Å². The summed E-state index contributed by atoms with van der Waals surface area (Å²) >= 11 is 0. The van der Waals surface area contributed by atoms with Crippen molar-refractivity contribution in [3.63, 3.8) is 0 Å². The average molecular weight is 188 g/mol. The Morgan fingerprint density at radius 3 is 2.86 bits per heavy atom. The summed E-state index contributed by atoms with van der Waals surface area (Å²) in [7, 11) is 0. The number of rotatable bonds is 4. The Morgan fingerprint density at radius 2 is 2.14 bits per heavy atom. The van der Waals surface area contributed by atoms with Crippen molar-refractivity contribution in [2.75, 3.05) is 12.3 Å². The highest BCUT2D eigenvalue weighted by molar-refractivity contribution is 5.46. The van der Waals surface area contributed by atoms with Crippen LogP contribution in [0.25, 0.3) is 0 Å². The second-order valence-electron chi connectivity index (χ2n) is 3.05. The Bertz CT molecular complexity index is 334. The molecule has 3 N–H and O–H groups in total. The molecule has 0 aromatic heterocycles. The number of hydrogen-bond donors (Lipinski definition) is 2. The Morgan fingerprint density at radius 1 is 1.36 bits per heavy atom. The number of hydrogen-bond acceptors (Lipinski definition) is 2. The number of nitrogens with two attached hydrogens (primary N) is 1. The van der Waals surface area contributed by atoms with E-state index in [2.05, 4.69) is 17.2 Å². The van der Waals surface area contributed by atoms with Crippen LogP contribution in [0.1, 0.15) is 18.9 Å². The number of benzene rings is 1. The van der Waals surface area contributed by atoms with E-state index in [1.165, 1.54) is 0 Å². The standard InChI is InChI=1S/C12H16N2/c1-2-3-6-9-14-10-11-7-4-5-8-12(11)13/h4-5,7-8,14H,6,9-10,13H2,1H3. The summed E-state index contributed by atoms with van der Waals surface area (Å²) in [5, 5.41) is 3.29. The van der Waals surface area contributed by atoms with Crippen LogP contribution >= 0.6 is 0 Å². The minimum atomic E-state index is 0.818. The van der Waals surface area contributed by atoms with Crippen LogP contribution in [0.15, 0.2) is 24.3 Å². The van der Waals surface area contributed by atoms with Gasteiger partial charge in [0.05, 0.1) is 0 Å². The maximum Gasteiger partial charge on any atom is 0.0359 e. The number of para-hydroxylation sites is 1. The highest BCUT2D eigenvalue weighted by Crippen LogP contribution is 2.09. The van der Waals surface area contributed by atoms with Crippen molar-refractivity contribution >= 4 is 5.69 Å². The molecule has 0 spiro atoms. The van der Waals surface area contributed by atoms with Crippen molar-refractivity contribution in [2.24, 2.45) is 0 Å². The number of anilines is 1. The summed E-state index contributed by atoms with van der Waals surface area (Å²) in [5.74, 6) is 5.87. The van der Waals surface area contributed by atoms with Crippen LogP contribution in [0.5, 0.6) is 0 Å². The van der Waals surface area contributed by atoms with Crippen molar-refractivity contribution < 1.29 is 0 Å². The van der Waals surface area contributed by atoms with Gasteiger partial charge in [0.25, 0.3) is 0 Å². The highest BCUT2D eigenvalue weighted by atomic mass is 14.8. The minimum Gasteiger partial charge on any atom is -0.398 e. The van der Waals surface area contributed by atoms with E-state index in [4.69, 9.17) is 5.73 Å². The zero-order valence-corrected chi connectivity index (χ0v) is 8.51. The molecular formula is C12H16N2. The molecule has 0 fully saturated rings. The molecule has 0 amide bonds. The molecule has 1 rings (SSSR count). The Hall–Kier alpha value is -1.46. The van der Waals surface area contributed by atoms with Crippen molar-refractivity contribution in [1.82, 2.24) is 5.32 Å². The second-order valence-corrected chi connectivity index (χ2v) is 3.05. The fourth-order valence-corrected chi connectivity index (χ4v) is 1.19. The lowest BCUT2D eigenvalue weighted by Gasteiger charge is -2.05. The van der Waals surface area contributed by atoms with Crippen molar-refractivity contribution in [3.05, 3.63) is 29.8 Å². The fraction of sp³-hybridized carbons (Fsp3) is 0.333. The lowest BCUT2D eigenvalue weighted by Crippen LogP contribution is -2.15. The first kappa shape index (κ1) is 10.6. The molecule has 14 heavy (non-hydrogen) atoms. The van der Waals surface area contributed by atoms with Gasteiger partial charge in [-0.15, -0.1) is 11.8 Å². The molecule has 0 bridgehead atoms. The van der Waals surface area contributed by atoms with Gasteiger partial charge >= 0.3 is 0 Å². The van der Waals surface area contributed by atoms with Crippen LogP contribution < -0.4 is 11.1 Å². The largest absolute Gasteiger partial charge is 0.398 e. The van der Waals surface area contributed by atoms with E-state index in [-0.39, 0.29) is 0 Å². The Kier molecular flexibility index (Phi) is 4.60. The monoisotopic (exact) mass is 188 g/mol. The maximum atomic E-state index is 5.79. The highest BCUT2D eigenvalue weighted by Gasteiger charge is 1.95. The SMILES string of the molecule is CC#CCCNCc1ccccc1N. The molecule has 0 aliphatic carbocycles. The predicted octanol–water partition coefficient (Wildman–Crippen LogP) is 1.77. The molecule has 2 heteroatoms. The smallest absolute Gasteiger partial charge is 0.0359 e. The zero-order chi connectivity index (χ0) is 10.2. The summed E-state index contributed by atoms with van der Waals surface area (Å²) in [6.45, 7) is 3.59. The molecule has 0 saturated carbocycles. The Balaban J connectivity index is 2.30. The van der Waals surface area contributed by atoms with Gasteiger partial charge in [-0.3, -0.25) is 0 Å². The first-order chi connectivity index (χ1) is 6.84. The van der Waals surface area contributed by atoms with Crippen LogP contribution in [0.3, 0.4) is 0 Å². The summed E-state index contributed by atoms with van der Waals surface area (Å²) in [6.07, 6.45) is 0.892. The van der Waals surface area contributed by atoms with Gasteiger partial charge in [0.2, 0.25) is 0 Å². The molecule has 1 aromatic rings. The summed E-state index contributed by atoms with van der Waals surface area (Å²) < 4.78 is 0. The van der Waals surface area contributed by atoms with E-state index < -0.39 is 0 Å². The number of nitrogen functional groups attached to an aromatic ring is 1. The first-order valence-electron chi connectivity index (χ1n) is 4.78. The lowest BCUT2D eigenvalue weighted by atomic mass is 10.2. The van der Waals surface area contributed by atoms with Gasteiger partial charge in [-0.1, -0.05) is 18.2 Å².